The SMILES string of the molecule is CC(C)(C)[Si](C)(C)OC[C@H]1O[C@@H](n2cnc3c([NH-])ncnc32)C[C@@H]1O[Si](C)(C)C(C)(C)C.[Cl-].[Mg+2]. The van der Waals surface area contributed by atoms with Crippen molar-refractivity contribution in [1.82, 2.24) is 19.5 Å². The zero-order valence-electron chi connectivity index (χ0n) is 22.4. The molecular weight excluding hydrogens is 498 g/mol. The molecule has 0 aliphatic carbocycles. The van der Waals surface area contributed by atoms with Crippen LogP contribution >= 0.6 is 0 Å². The normalized spacial score (nSPS) is 21.9. The van der Waals surface area contributed by atoms with Gasteiger partial charge in [0.1, 0.15) is 17.8 Å². The van der Waals surface area contributed by atoms with E-state index in [1.54, 1.807) is 6.33 Å². The van der Waals surface area contributed by atoms with Gasteiger partial charge in [-0.05, 0) is 42.1 Å². The molecule has 8 nitrogen and oxygen atoms in total. The zero-order chi connectivity index (χ0) is 24.1. The van der Waals surface area contributed by atoms with E-state index in [2.05, 4.69) is 82.7 Å². The van der Waals surface area contributed by atoms with E-state index < -0.39 is 16.6 Å². The largest absolute Gasteiger partial charge is 2.00 e. The minimum atomic E-state index is -2.01. The third-order valence-corrected chi connectivity index (χ3v) is 16.5. The predicted octanol–water partition coefficient (Wildman–Crippen LogP) is 2.83. The van der Waals surface area contributed by atoms with E-state index in [0.29, 0.717) is 24.2 Å². The molecule has 0 spiro atoms. The summed E-state index contributed by atoms with van der Waals surface area (Å²) in [5, 5.41) is 0.230. The molecule has 1 N–H and O–H groups in total. The number of hydrogen-bond acceptors (Lipinski definition) is 6. The average Bonchev–Trinajstić information content (AvgIpc) is 3.22. The number of nitrogens with zero attached hydrogens (tertiary/aromatic N) is 4. The summed E-state index contributed by atoms with van der Waals surface area (Å²) in [4.78, 5) is 12.7. The smallest absolute Gasteiger partial charge is 1.00 e. The number of rotatable bonds is 6. The standard InChI is InChI=1S/C22H40N5O3Si2.ClH.Mg/c1-21(2,3)31(7,8)28-12-16-15(30-32(9,10)22(4,5)6)11-17(29-16)27-14-26-18-19(23)24-13-25-20(18)27;;/h13-17H,11-12H2,1-10H3,(H-,23,24,25);1H;/q-1;;+2/p-1/t15-,16+,17+;;/m0../s1. The Bertz CT molecular complexity index is 962. The first-order valence-corrected chi connectivity index (χ1v) is 17.2. The van der Waals surface area contributed by atoms with Gasteiger partial charge in [0.15, 0.2) is 22.3 Å². The molecule has 0 bridgehead atoms. The van der Waals surface area contributed by atoms with Crippen LogP contribution in [-0.2, 0) is 13.6 Å². The molecule has 0 aromatic carbocycles. The Labute approximate surface area is 229 Å². The number of aromatic nitrogens is 4. The summed E-state index contributed by atoms with van der Waals surface area (Å²) in [6, 6.07) is 0. The fraction of sp³-hybridized carbons (Fsp3) is 0.773. The molecule has 0 saturated carbocycles. The van der Waals surface area contributed by atoms with Gasteiger partial charge in [0.25, 0.3) is 0 Å². The molecule has 3 atom stereocenters. The Morgan fingerprint density at radius 1 is 1.03 bits per heavy atom. The van der Waals surface area contributed by atoms with Crippen LogP contribution in [0.4, 0.5) is 5.82 Å². The molecule has 0 unspecified atom stereocenters. The van der Waals surface area contributed by atoms with Crippen molar-refractivity contribution in [1.29, 1.82) is 0 Å². The van der Waals surface area contributed by atoms with Crippen LogP contribution in [0.25, 0.3) is 16.9 Å². The van der Waals surface area contributed by atoms with E-state index in [1.807, 2.05) is 4.57 Å². The van der Waals surface area contributed by atoms with Crippen molar-refractivity contribution in [2.45, 2.75) is 103 Å². The molecule has 34 heavy (non-hydrogen) atoms. The molecular formula is C22H40ClMgN5O3Si2. The van der Waals surface area contributed by atoms with Crippen LogP contribution in [0, 0.1) is 0 Å². The third kappa shape index (κ3) is 6.53. The third-order valence-electron chi connectivity index (χ3n) is 7.52. The first kappa shape index (κ1) is 31.7. The summed E-state index contributed by atoms with van der Waals surface area (Å²) in [6.07, 6.45) is 3.29. The van der Waals surface area contributed by atoms with Gasteiger partial charge in [0, 0.05) is 12.7 Å². The summed E-state index contributed by atoms with van der Waals surface area (Å²) in [5.74, 6) is 0.124. The van der Waals surface area contributed by atoms with Gasteiger partial charge in [-0.2, -0.15) is 0 Å². The van der Waals surface area contributed by atoms with Crippen molar-refractivity contribution >= 4 is 56.7 Å². The minimum absolute atomic E-state index is 0. The average molecular weight is 539 g/mol. The second-order valence-electron chi connectivity index (χ2n) is 11.9. The molecule has 1 aliphatic heterocycles. The summed E-state index contributed by atoms with van der Waals surface area (Å²) < 4.78 is 21.8. The molecule has 1 fully saturated rings. The maximum atomic E-state index is 8.00. The van der Waals surface area contributed by atoms with E-state index in [-0.39, 0.29) is 69.8 Å². The summed E-state index contributed by atoms with van der Waals surface area (Å²) in [5.41, 5.74) is 9.11. The van der Waals surface area contributed by atoms with Crippen molar-refractivity contribution < 1.29 is 26.0 Å². The molecule has 188 valence electrons. The maximum Gasteiger partial charge on any atom is 2.00 e. The number of nitrogens with one attached hydrogen (secondary N) is 1. The molecule has 0 radical (unpaired) electrons. The summed E-state index contributed by atoms with van der Waals surface area (Å²) >= 11 is 0. The molecule has 3 rings (SSSR count). The van der Waals surface area contributed by atoms with E-state index >= 15 is 0 Å². The Balaban J connectivity index is 0.00000289. The van der Waals surface area contributed by atoms with Gasteiger partial charge in [-0.1, -0.05) is 41.5 Å². The summed E-state index contributed by atoms with van der Waals surface area (Å²) in [7, 11) is -3.93. The number of fused-ring (bicyclic) bond motifs is 1. The van der Waals surface area contributed by atoms with Crippen molar-refractivity contribution in [2.24, 2.45) is 0 Å². The van der Waals surface area contributed by atoms with Crippen LogP contribution in [-0.4, -0.2) is 78.0 Å². The van der Waals surface area contributed by atoms with E-state index in [9.17, 15) is 0 Å². The molecule has 2 aromatic heterocycles. The second kappa shape index (κ2) is 11.0. The van der Waals surface area contributed by atoms with Gasteiger partial charge >= 0.3 is 23.1 Å². The van der Waals surface area contributed by atoms with Crippen LogP contribution in [0.5, 0.6) is 0 Å². The first-order valence-electron chi connectivity index (χ1n) is 11.4. The summed E-state index contributed by atoms with van der Waals surface area (Å²) in [6.45, 7) is 23.1. The monoisotopic (exact) mass is 537 g/mol. The number of imidazole rings is 1. The van der Waals surface area contributed by atoms with Gasteiger partial charge in [0.05, 0.1) is 19.0 Å². The molecule has 0 amide bonds. The molecule has 12 heteroatoms. The van der Waals surface area contributed by atoms with Gasteiger partial charge in [-0.3, -0.25) is 4.57 Å². The van der Waals surface area contributed by atoms with Crippen LogP contribution in [0.15, 0.2) is 12.7 Å². The Hall–Kier alpha value is -0.280. The zero-order valence-corrected chi connectivity index (χ0v) is 26.6. The first-order chi connectivity index (χ1) is 14.5. The van der Waals surface area contributed by atoms with E-state index in [0.717, 1.165) is 0 Å². The van der Waals surface area contributed by atoms with E-state index in [4.69, 9.17) is 19.3 Å². The van der Waals surface area contributed by atoms with Crippen molar-refractivity contribution in [3.8, 4) is 0 Å². The Morgan fingerprint density at radius 3 is 2.18 bits per heavy atom. The number of ether oxygens (including phenoxy) is 1. The van der Waals surface area contributed by atoms with E-state index in [1.165, 1.54) is 6.33 Å². The predicted molar refractivity (Wildman–Crippen MR) is 139 cm³/mol. The Kier molecular flexibility index (Phi) is 10.3. The molecule has 1 saturated heterocycles. The molecule has 2 aromatic rings. The van der Waals surface area contributed by atoms with Crippen molar-refractivity contribution in [2.75, 3.05) is 6.61 Å². The molecule has 3 heterocycles. The van der Waals surface area contributed by atoms with Gasteiger partial charge < -0.3 is 36.7 Å². The number of hydrogen-bond donors (Lipinski definition) is 0. The number of halogens is 1. The molecule has 1 aliphatic rings. The van der Waals surface area contributed by atoms with Crippen LogP contribution < -0.4 is 12.4 Å². The van der Waals surface area contributed by atoms with Crippen LogP contribution in [0.3, 0.4) is 0 Å². The Morgan fingerprint density at radius 2 is 1.62 bits per heavy atom. The quantitative estimate of drug-likeness (QED) is 0.525. The maximum absolute atomic E-state index is 8.00. The fourth-order valence-corrected chi connectivity index (χ4v) is 5.64. The minimum Gasteiger partial charge on any atom is -1.00 e. The van der Waals surface area contributed by atoms with Crippen LogP contribution in [0.2, 0.25) is 36.3 Å². The van der Waals surface area contributed by atoms with Crippen molar-refractivity contribution in [3.63, 3.8) is 0 Å². The van der Waals surface area contributed by atoms with Gasteiger partial charge in [0.2, 0.25) is 0 Å². The van der Waals surface area contributed by atoms with Gasteiger partial charge in [-0.25, -0.2) is 9.97 Å². The van der Waals surface area contributed by atoms with Crippen molar-refractivity contribution in [3.05, 3.63) is 18.4 Å². The topological polar surface area (TPSA) is 95.1 Å². The second-order valence-corrected chi connectivity index (χ2v) is 21.5. The van der Waals surface area contributed by atoms with Gasteiger partial charge in [-0.15, -0.1) is 0 Å². The van der Waals surface area contributed by atoms with Crippen LogP contribution in [0.1, 0.15) is 54.2 Å². The fourth-order valence-electron chi connectivity index (χ4n) is 3.27.